The van der Waals surface area contributed by atoms with Gasteiger partial charge in [-0.2, -0.15) is 0 Å². The minimum atomic E-state index is 0.161. The van der Waals surface area contributed by atoms with E-state index in [1.54, 1.807) is 0 Å². The van der Waals surface area contributed by atoms with Crippen LogP contribution >= 0.6 is 11.6 Å². The van der Waals surface area contributed by atoms with Crippen molar-refractivity contribution in [1.29, 1.82) is 0 Å². The van der Waals surface area contributed by atoms with E-state index < -0.39 is 0 Å². The summed E-state index contributed by atoms with van der Waals surface area (Å²) >= 11 is 5.93. The summed E-state index contributed by atoms with van der Waals surface area (Å²) in [5, 5.41) is 4.14. The lowest BCUT2D eigenvalue weighted by Gasteiger charge is -2.19. The molecule has 2 nitrogen and oxygen atoms in total. The van der Waals surface area contributed by atoms with Crippen LogP contribution in [0.5, 0.6) is 0 Å². The standard InChI is InChI=1S/C13H19ClN2/c1-9(2)8-16-13(7-15)12-5-4-11(14)6-10(12)3/h4-6,13,16H,1,7-8,15H2,2-3H3. The van der Waals surface area contributed by atoms with Crippen molar-refractivity contribution in [1.82, 2.24) is 5.32 Å². The molecule has 1 aromatic carbocycles. The first kappa shape index (κ1) is 13.2. The summed E-state index contributed by atoms with van der Waals surface area (Å²) in [6.45, 7) is 9.26. The second-order valence-corrected chi connectivity index (χ2v) is 4.56. The van der Waals surface area contributed by atoms with Crippen LogP contribution in [0.3, 0.4) is 0 Å². The maximum absolute atomic E-state index is 5.93. The number of aryl methyl sites for hydroxylation is 1. The predicted molar refractivity (Wildman–Crippen MR) is 70.8 cm³/mol. The lowest BCUT2D eigenvalue weighted by Crippen LogP contribution is -2.29. The van der Waals surface area contributed by atoms with Crippen molar-refractivity contribution in [3.63, 3.8) is 0 Å². The molecule has 0 aliphatic heterocycles. The van der Waals surface area contributed by atoms with Gasteiger partial charge in [0.25, 0.3) is 0 Å². The average Bonchev–Trinajstić information content (AvgIpc) is 2.21. The zero-order valence-corrected chi connectivity index (χ0v) is 10.6. The Labute approximate surface area is 102 Å². The number of halogens is 1. The molecule has 0 aromatic heterocycles. The molecule has 0 amide bonds. The zero-order chi connectivity index (χ0) is 12.1. The first-order chi connectivity index (χ1) is 7.54. The number of benzene rings is 1. The molecule has 16 heavy (non-hydrogen) atoms. The average molecular weight is 239 g/mol. The molecule has 0 saturated heterocycles. The third-order valence-electron chi connectivity index (χ3n) is 2.49. The molecule has 0 aliphatic rings. The zero-order valence-electron chi connectivity index (χ0n) is 9.89. The second-order valence-electron chi connectivity index (χ2n) is 4.13. The van der Waals surface area contributed by atoms with E-state index in [4.69, 9.17) is 17.3 Å². The summed E-state index contributed by atoms with van der Waals surface area (Å²) in [6.07, 6.45) is 0. The minimum Gasteiger partial charge on any atom is -0.329 e. The Balaban J connectivity index is 2.82. The molecule has 1 aromatic rings. The van der Waals surface area contributed by atoms with Gasteiger partial charge in [-0.1, -0.05) is 29.8 Å². The van der Waals surface area contributed by atoms with E-state index in [1.165, 1.54) is 5.56 Å². The fourth-order valence-electron chi connectivity index (χ4n) is 1.65. The van der Waals surface area contributed by atoms with Crippen molar-refractivity contribution in [2.45, 2.75) is 19.9 Å². The summed E-state index contributed by atoms with van der Waals surface area (Å²) in [4.78, 5) is 0. The van der Waals surface area contributed by atoms with Crippen LogP contribution < -0.4 is 11.1 Å². The molecular weight excluding hydrogens is 220 g/mol. The van der Waals surface area contributed by atoms with E-state index in [1.807, 2.05) is 32.0 Å². The summed E-state index contributed by atoms with van der Waals surface area (Å²) in [7, 11) is 0. The van der Waals surface area contributed by atoms with Gasteiger partial charge in [0.15, 0.2) is 0 Å². The highest BCUT2D eigenvalue weighted by Crippen LogP contribution is 2.20. The highest BCUT2D eigenvalue weighted by molar-refractivity contribution is 6.30. The van der Waals surface area contributed by atoms with Crippen molar-refractivity contribution < 1.29 is 0 Å². The van der Waals surface area contributed by atoms with E-state index in [9.17, 15) is 0 Å². The lowest BCUT2D eigenvalue weighted by molar-refractivity contribution is 0.567. The SMILES string of the molecule is C=C(C)CNC(CN)c1ccc(Cl)cc1C. The number of hydrogen-bond donors (Lipinski definition) is 2. The Morgan fingerprint density at radius 3 is 2.75 bits per heavy atom. The van der Waals surface area contributed by atoms with Crippen LogP contribution in [-0.2, 0) is 0 Å². The summed E-state index contributed by atoms with van der Waals surface area (Å²) < 4.78 is 0. The molecule has 1 unspecified atom stereocenters. The van der Waals surface area contributed by atoms with Crippen LogP contribution in [0.2, 0.25) is 5.02 Å². The van der Waals surface area contributed by atoms with E-state index in [0.717, 1.165) is 22.7 Å². The maximum atomic E-state index is 5.93. The van der Waals surface area contributed by atoms with Gasteiger partial charge in [-0.3, -0.25) is 0 Å². The predicted octanol–water partition coefficient (Wildman–Crippen LogP) is 2.81. The summed E-state index contributed by atoms with van der Waals surface area (Å²) in [5.41, 5.74) is 9.24. The molecule has 88 valence electrons. The molecule has 0 heterocycles. The summed E-state index contributed by atoms with van der Waals surface area (Å²) in [6, 6.07) is 6.05. The topological polar surface area (TPSA) is 38.0 Å². The van der Waals surface area contributed by atoms with E-state index in [0.29, 0.717) is 6.54 Å². The van der Waals surface area contributed by atoms with Crippen LogP contribution in [0.15, 0.2) is 30.4 Å². The van der Waals surface area contributed by atoms with Crippen molar-refractivity contribution in [2.24, 2.45) is 5.73 Å². The number of nitrogens with one attached hydrogen (secondary N) is 1. The van der Waals surface area contributed by atoms with Crippen molar-refractivity contribution in [3.05, 3.63) is 46.5 Å². The number of hydrogen-bond acceptors (Lipinski definition) is 2. The Morgan fingerprint density at radius 2 is 2.25 bits per heavy atom. The van der Waals surface area contributed by atoms with Gasteiger partial charge >= 0.3 is 0 Å². The number of nitrogens with two attached hydrogens (primary N) is 1. The van der Waals surface area contributed by atoms with Gasteiger partial charge in [-0.25, -0.2) is 0 Å². The van der Waals surface area contributed by atoms with Crippen molar-refractivity contribution in [3.8, 4) is 0 Å². The fraction of sp³-hybridized carbons (Fsp3) is 0.385. The van der Waals surface area contributed by atoms with E-state index in [2.05, 4.69) is 11.9 Å². The van der Waals surface area contributed by atoms with Crippen LogP contribution in [-0.4, -0.2) is 13.1 Å². The van der Waals surface area contributed by atoms with Crippen LogP contribution in [0.1, 0.15) is 24.1 Å². The van der Waals surface area contributed by atoms with Gasteiger partial charge in [0.05, 0.1) is 0 Å². The third kappa shape index (κ3) is 3.63. The molecule has 0 fully saturated rings. The van der Waals surface area contributed by atoms with E-state index >= 15 is 0 Å². The number of rotatable bonds is 5. The first-order valence-corrected chi connectivity index (χ1v) is 5.76. The molecule has 0 spiro atoms. The van der Waals surface area contributed by atoms with E-state index in [-0.39, 0.29) is 6.04 Å². The molecule has 3 heteroatoms. The molecule has 0 aliphatic carbocycles. The monoisotopic (exact) mass is 238 g/mol. The first-order valence-electron chi connectivity index (χ1n) is 5.38. The Morgan fingerprint density at radius 1 is 1.56 bits per heavy atom. The molecule has 1 atom stereocenters. The fourth-order valence-corrected chi connectivity index (χ4v) is 1.87. The summed E-state index contributed by atoms with van der Waals surface area (Å²) in [5.74, 6) is 0. The van der Waals surface area contributed by atoms with Crippen LogP contribution in [0.4, 0.5) is 0 Å². The lowest BCUT2D eigenvalue weighted by atomic mass is 10.0. The van der Waals surface area contributed by atoms with Crippen LogP contribution in [0, 0.1) is 6.92 Å². The molecule has 0 bridgehead atoms. The van der Waals surface area contributed by atoms with Crippen molar-refractivity contribution >= 4 is 11.6 Å². The van der Waals surface area contributed by atoms with Gasteiger partial charge in [0, 0.05) is 24.2 Å². The third-order valence-corrected chi connectivity index (χ3v) is 2.73. The van der Waals surface area contributed by atoms with Crippen molar-refractivity contribution in [2.75, 3.05) is 13.1 Å². The smallest absolute Gasteiger partial charge is 0.0449 e. The molecule has 0 saturated carbocycles. The van der Waals surface area contributed by atoms with Gasteiger partial charge < -0.3 is 11.1 Å². The highest BCUT2D eigenvalue weighted by atomic mass is 35.5. The van der Waals surface area contributed by atoms with Gasteiger partial charge in [0.2, 0.25) is 0 Å². The molecule has 0 radical (unpaired) electrons. The minimum absolute atomic E-state index is 0.161. The molecular formula is C13H19ClN2. The van der Waals surface area contributed by atoms with Gasteiger partial charge in [-0.15, -0.1) is 0 Å². The van der Waals surface area contributed by atoms with Crippen LogP contribution in [0.25, 0.3) is 0 Å². The molecule has 1 rings (SSSR count). The van der Waals surface area contributed by atoms with Gasteiger partial charge in [0.1, 0.15) is 0 Å². The Bertz CT molecular complexity index is 374. The second kappa shape index (κ2) is 6.04. The Hall–Kier alpha value is -0.830. The van der Waals surface area contributed by atoms with Gasteiger partial charge in [-0.05, 0) is 37.1 Å². The maximum Gasteiger partial charge on any atom is 0.0449 e. The Kier molecular flexibility index (Phi) is 5.00. The highest BCUT2D eigenvalue weighted by Gasteiger charge is 2.11. The largest absolute Gasteiger partial charge is 0.329 e. The molecule has 3 N–H and O–H groups in total. The normalized spacial score (nSPS) is 12.5. The quantitative estimate of drug-likeness (QED) is 0.775.